The van der Waals surface area contributed by atoms with Crippen molar-refractivity contribution in [2.24, 2.45) is 0 Å². The van der Waals surface area contributed by atoms with E-state index in [0.717, 1.165) is 53.5 Å². The van der Waals surface area contributed by atoms with Crippen LogP contribution in [0.1, 0.15) is 49.8 Å². The largest absolute Gasteiger partial charge is 0.489 e. The summed E-state index contributed by atoms with van der Waals surface area (Å²) in [7, 11) is 0. The molecule has 0 aliphatic rings. The molecular formula is C22H25NO2. The zero-order valence-corrected chi connectivity index (χ0v) is 14.7. The molecule has 0 bridgehead atoms. The van der Waals surface area contributed by atoms with Crippen LogP contribution < -0.4 is 4.74 Å². The summed E-state index contributed by atoms with van der Waals surface area (Å²) in [6.45, 7) is 2.67. The van der Waals surface area contributed by atoms with Crippen LogP contribution in [0, 0.1) is 0 Å². The molecule has 0 amide bonds. The van der Waals surface area contributed by atoms with Gasteiger partial charge in [0.25, 0.3) is 0 Å². The lowest BCUT2D eigenvalue weighted by molar-refractivity contribution is 0.163. The van der Waals surface area contributed by atoms with Gasteiger partial charge in [0.1, 0.15) is 12.4 Å². The first-order chi connectivity index (χ1) is 12.3. The first kappa shape index (κ1) is 17.4. The van der Waals surface area contributed by atoms with Crippen LogP contribution in [0.25, 0.3) is 10.9 Å². The lowest BCUT2D eigenvalue weighted by atomic mass is 10.0. The van der Waals surface area contributed by atoms with Crippen molar-refractivity contribution in [2.45, 2.75) is 45.3 Å². The summed E-state index contributed by atoms with van der Waals surface area (Å²) in [5.41, 5.74) is 3.02. The van der Waals surface area contributed by atoms with Gasteiger partial charge in [-0.25, -0.2) is 0 Å². The predicted octanol–water partition coefficient (Wildman–Crippen LogP) is 5.43. The van der Waals surface area contributed by atoms with Gasteiger partial charge in [-0.3, -0.25) is 4.98 Å². The summed E-state index contributed by atoms with van der Waals surface area (Å²) in [5.74, 6) is 0.790. The standard InChI is InChI=1S/C22H25NO2/c1-2-3-4-10-22(24)19-7-5-9-20(15-19)25-16-17-11-12-21-18(14-17)8-6-13-23-21/h5-9,11-15,22,24H,2-4,10,16H2,1H3. The maximum atomic E-state index is 10.3. The first-order valence-electron chi connectivity index (χ1n) is 9.01. The van der Waals surface area contributed by atoms with Crippen molar-refractivity contribution in [1.29, 1.82) is 0 Å². The van der Waals surface area contributed by atoms with Crippen LogP contribution in [-0.4, -0.2) is 10.1 Å². The van der Waals surface area contributed by atoms with Gasteiger partial charge < -0.3 is 9.84 Å². The number of aliphatic hydroxyl groups is 1. The molecule has 3 heteroatoms. The smallest absolute Gasteiger partial charge is 0.120 e. The highest BCUT2D eigenvalue weighted by Gasteiger charge is 2.08. The zero-order chi connectivity index (χ0) is 17.5. The molecule has 1 N–H and O–H groups in total. The topological polar surface area (TPSA) is 42.4 Å². The Labute approximate surface area is 149 Å². The van der Waals surface area contributed by atoms with E-state index < -0.39 is 6.10 Å². The molecule has 1 atom stereocenters. The Kier molecular flexibility index (Phi) is 6.02. The fourth-order valence-corrected chi connectivity index (χ4v) is 2.95. The highest BCUT2D eigenvalue weighted by Crippen LogP contribution is 2.24. The number of rotatable bonds is 8. The number of pyridine rings is 1. The highest BCUT2D eigenvalue weighted by atomic mass is 16.5. The van der Waals surface area contributed by atoms with Crippen molar-refractivity contribution >= 4 is 10.9 Å². The number of fused-ring (bicyclic) bond motifs is 1. The molecule has 0 aliphatic carbocycles. The second-order valence-electron chi connectivity index (χ2n) is 6.40. The van der Waals surface area contributed by atoms with Gasteiger partial charge in [0.15, 0.2) is 0 Å². The van der Waals surface area contributed by atoms with Crippen molar-refractivity contribution in [3.05, 3.63) is 71.9 Å². The van der Waals surface area contributed by atoms with E-state index >= 15 is 0 Å². The average molecular weight is 335 g/mol. The normalized spacial score (nSPS) is 12.2. The van der Waals surface area contributed by atoms with Gasteiger partial charge >= 0.3 is 0 Å². The molecule has 0 saturated heterocycles. The summed E-state index contributed by atoms with van der Waals surface area (Å²) in [5, 5.41) is 11.4. The van der Waals surface area contributed by atoms with Crippen molar-refractivity contribution in [3.8, 4) is 5.75 Å². The van der Waals surface area contributed by atoms with Gasteiger partial charge in [0.2, 0.25) is 0 Å². The molecule has 2 aromatic carbocycles. The molecule has 130 valence electrons. The van der Waals surface area contributed by atoms with Crippen LogP contribution in [-0.2, 0) is 6.61 Å². The van der Waals surface area contributed by atoms with Gasteiger partial charge in [-0.05, 0) is 47.9 Å². The number of aliphatic hydroxyl groups excluding tert-OH is 1. The summed E-state index contributed by atoms with van der Waals surface area (Å²) < 4.78 is 5.93. The molecule has 1 heterocycles. The van der Waals surface area contributed by atoms with E-state index in [1.165, 1.54) is 0 Å². The molecule has 3 nitrogen and oxygen atoms in total. The van der Waals surface area contributed by atoms with Crippen molar-refractivity contribution in [1.82, 2.24) is 4.98 Å². The highest BCUT2D eigenvalue weighted by molar-refractivity contribution is 5.78. The molecule has 0 spiro atoms. The zero-order valence-electron chi connectivity index (χ0n) is 14.7. The molecule has 3 aromatic rings. The van der Waals surface area contributed by atoms with E-state index in [-0.39, 0.29) is 0 Å². The molecule has 1 aromatic heterocycles. The Hall–Kier alpha value is -2.39. The Balaban J connectivity index is 1.63. The Morgan fingerprint density at radius 2 is 1.96 bits per heavy atom. The SMILES string of the molecule is CCCCCC(O)c1cccc(OCc2ccc3ncccc3c2)c1. The minimum atomic E-state index is -0.415. The fraction of sp³-hybridized carbons (Fsp3) is 0.318. The lowest BCUT2D eigenvalue weighted by Gasteiger charge is -2.13. The van der Waals surface area contributed by atoms with E-state index in [4.69, 9.17) is 4.74 Å². The van der Waals surface area contributed by atoms with Gasteiger partial charge in [0, 0.05) is 11.6 Å². The number of unbranched alkanes of at least 4 members (excludes halogenated alkanes) is 2. The molecule has 25 heavy (non-hydrogen) atoms. The quantitative estimate of drug-likeness (QED) is 0.558. The maximum absolute atomic E-state index is 10.3. The van der Waals surface area contributed by atoms with E-state index in [1.54, 1.807) is 6.20 Å². The van der Waals surface area contributed by atoms with Crippen molar-refractivity contribution < 1.29 is 9.84 Å². The third-order valence-corrected chi connectivity index (χ3v) is 4.40. The predicted molar refractivity (Wildman–Crippen MR) is 102 cm³/mol. The molecule has 0 aliphatic heterocycles. The van der Waals surface area contributed by atoms with Crippen LogP contribution in [0.15, 0.2) is 60.8 Å². The summed E-state index contributed by atoms with van der Waals surface area (Å²) in [4.78, 5) is 4.33. The minimum Gasteiger partial charge on any atom is -0.489 e. The number of aromatic nitrogens is 1. The van der Waals surface area contributed by atoms with E-state index in [0.29, 0.717) is 6.61 Å². The van der Waals surface area contributed by atoms with Gasteiger partial charge in [-0.15, -0.1) is 0 Å². The number of nitrogens with zero attached hydrogens (tertiary/aromatic N) is 1. The summed E-state index contributed by atoms with van der Waals surface area (Å²) >= 11 is 0. The molecule has 0 saturated carbocycles. The van der Waals surface area contributed by atoms with E-state index in [9.17, 15) is 5.11 Å². The third kappa shape index (κ3) is 4.80. The van der Waals surface area contributed by atoms with Gasteiger partial charge in [0.05, 0.1) is 11.6 Å². The first-order valence-corrected chi connectivity index (χ1v) is 9.01. The van der Waals surface area contributed by atoms with Crippen LogP contribution in [0.3, 0.4) is 0 Å². The number of ether oxygens (including phenoxy) is 1. The van der Waals surface area contributed by atoms with Crippen LogP contribution in [0.2, 0.25) is 0 Å². The second kappa shape index (κ2) is 8.63. The van der Waals surface area contributed by atoms with E-state index in [1.807, 2.05) is 42.5 Å². The van der Waals surface area contributed by atoms with Crippen LogP contribution in [0.4, 0.5) is 0 Å². The molecule has 0 fully saturated rings. The van der Waals surface area contributed by atoms with Gasteiger partial charge in [-0.1, -0.05) is 50.5 Å². The number of benzene rings is 2. The number of hydrogen-bond acceptors (Lipinski definition) is 3. The Morgan fingerprint density at radius 3 is 2.84 bits per heavy atom. The average Bonchev–Trinajstić information content (AvgIpc) is 2.66. The molecule has 0 radical (unpaired) electrons. The second-order valence-corrected chi connectivity index (χ2v) is 6.40. The van der Waals surface area contributed by atoms with E-state index in [2.05, 4.69) is 24.0 Å². The molecule has 3 rings (SSSR count). The molecular weight excluding hydrogens is 310 g/mol. The van der Waals surface area contributed by atoms with Gasteiger partial charge in [-0.2, -0.15) is 0 Å². The summed E-state index contributed by atoms with van der Waals surface area (Å²) in [6, 6.07) is 17.9. The van der Waals surface area contributed by atoms with Crippen LogP contribution >= 0.6 is 0 Å². The maximum Gasteiger partial charge on any atom is 0.120 e. The monoisotopic (exact) mass is 335 g/mol. The fourth-order valence-electron chi connectivity index (χ4n) is 2.95. The van der Waals surface area contributed by atoms with Crippen molar-refractivity contribution in [2.75, 3.05) is 0 Å². The Bertz CT molecular complexity index is 816. The summed E-state index contributed by atoms with van der Waals surface area (Å²) in [6.07, 6.45) is 5.56. The number of hydrogen-bond donors (Lipinski definition) is 1. The van der Waals surface area contributed by atoms with Crippen LogP contribution in [0.5, 0.6) is 5.75 Å². The third-order valence-electron chi connectivity index (χ3n) is 4.40. The lowest BCUT2D eigenvalue weighted by Crippen LogP contribution is -2.00. The van der Waals surface area contributed by atoms with Crippen molar-refractivity contribution in [3.63, 3.8) is 0 Å². The molecule has 1 unspecified atom stereocenters. The minimum absolute atomic E-state index is 0.415. The Morgan fingerprint density at radius 1 is 1.04 bits per heavy atom.